The van der Waals surface area contributed by atoms with E-state index in [0.29, 0.717) is 21.3 Å². The monoisotopic (exact) mass is 460 g/mol. The number of hydrogen-bond acceptors (Lipinski definition) is 5. The first-order valence-electron chi connectivity index (χ1n) is 9.93. The van der Waals surface area contributed by atoms with E-state index in [-0.39, 0.29) is 11.3 Å². The fourth-order valence-corrected chi connectivity index (χ4v) is 5.19. The topological polar surface area (TPSA) is 70.5 Å². The number of aryl methyl sites for hydroxylation is 1. The van der Waals surface area contributed by atoms with Crippen molar-refractivity contribution in [2.45, 2.75) is 13.0 Å². The van der Waals surface area contributed by atoms with Gasteiger partial charge in [0, 0.05) is 10.6 Å². The second-order valence-electron chi connectivity index (χ2n) is 7.56. The van der Waals surface area contributed by atoms with Crippen LogP contribution in [0.2, 0.25) is 5.02 Å². The third-order valence-corrected chi connectivity index (χ3v) is 6.65. The standard InChI is InChI=1S/C25H17ClN2O3S/c1-14-10-11-18-19(12-14)32-25(27-18)28-21(16-8-5-9-17(26)13-16)20(23(30)24(28)31)22(29)15-6-3-2-4-7-15/h2-13,21,29H,1H3/t21-/m0/s1. The summed E-state index contributed by atoms with van der Waals surface area (Å²) in [5.41, 5.74) is 2.90. The van der Waals surface area contributed by atoms with Crippen molar-refractivity contribution in [1.29, 1.82) is 0 Å². The van der Waals surface area contributed by atoms with Gasteiger partial charge in [0.15, 0.2) is 5.13 Å². The fourth-order valence-electron chi connectivity index (χ4n) is 3.90. The van der Waals surface area contributed by atoms with E-state index in [4.69, 9.17) is 11.6 Å². The summed E-state index contributed by atoms with van der Waals surface area (Å²) in [6.45, 7) is 1.98. The summed E-state index contributed by atoms with van der Waals surface area (Å²) in [6.07, 6.45) is 0. The van der Waals surface area contributed by atoms with Crippen molar-refractivity contribution in [2.24, 2.45) is 0 Å². The number of benzene rings is 3. The quantitative estimate of drug-likeness (QED) is 0.235. The van der Waals surface area contributed by atoms with Gasteiger partial charge in [0.25, 0.3) is 5.78 Å². The Hall–Kier alpha value is -3.48. The van der Waals surface area contributed by atoms with E-state index < -0.39 is 17.7 Å². The summed E-state index contributed by atoms with van der Waals surface area (Å²) < 4.78 is 0.912. The number of nitrogens with zero attached hydrogens (tertiary/aromatic N) is 2. The molecular formula is C25H17ClN2O3S. The number of carbonyl (C=O) groups is 2. The zero-order valence-electron chi connectivity index (χ0n) is 16.9. The Kier molecular flexibility index (Phi) is 5.04. The Balaban J connectivity index is 1.75. The molecule has 1 aromatic heterocycles. The average molecular weight is 461 g/mol. The number of anilines is 1. The fraction of sp³-hybridized carbons (Fsp3) is 0.0800. The third-order valence-electron chi connectivity index (χ3n) is 5.39. The first kappa shape index (κ1) is 20.4. The molecule has 7 heteroatoms. The molecule has 1 atom stereocenters. The third kappa shape index (κ3) is 3.38. The number of carbonyl (C=O) groups excluding carboxylic acids is 2. The van der Waals surface area contributed by atoms with E-state index >= 15 is 0 Å². The molecule has 5 nitrogen and oxygen atoms in total. The minimum Gasteiger partial charge on any atom is -0.507 e. The molecule has 0 radical (unpaired) electrons. The number of Topliss-reactive ketones (excluding diaryl/α,β-unsaturated/α-hetero) is 1. The molecular weight excluding hydrogens is 444 g/mol. The lowest BCUT2D eigenvalue weighted by molar-refractivity contribution is -0.132. The van der Waals surface area contributed by atoms with Gasteiger partial charge in [0.2, 0.25) is 0 Å². The smallest absolute Gasteiger partial charge is 0.301 e. The summed E-state index contributed by atoms with van der Waals surface area (Å²) >= 11 is 7.57. The molecule has 32 heavy (non-hydrogen) atoms. The van der Waals surface area contributed by atoms with Gasteiger partial charge < -0.3 is 5.11 Å². The minimum atomic E-state index is -0.851. The lowest BCUT2D eigenvalue weighted by atomic mass is 9.95. The number of rotatable bonds is 3. The molecule has 5 rings (SSSR count). The first-order chi connectivity index (χ1) is 15.4. The van der Waals surface area contributed by atoms with Gasteiger partial charge in [-0.05, 0) is 42.3 Å². The maximum atomic E-state index is 13.2. The van der Waals surface area contributed by atoms with E-state index in [1.165, 1.54) is 16.2 Å². The van der Waals surface area contributed by atoms with Crippen LogP contribution in [0.3, 0.4) is 0 Å². The van der Waals surface area contributed by atoms with Crippen LogP contribution in [0.25, 0.3) is 16.0 Å². The predicted octanol–water partition coefficient (Wildman–Crippen LogP) is 5.88. The molecule has 2 heterocycles. The summed E-state index contributed by atoms with van der Waals surface area (Å²) in [4.78, 5) is 32.4. The molecule has 158 valence electrons. The van der Waals surface area contributed by atoms with E-state index in [2.05, 4.69) is 4.98 Å². The molecule has 0 spiro atoms. The lowest BCUT2D eigenvalue weighted by Gasteiger charge is -2.23. The Bertz CT molecular complexity index is 1410. The molecule has 1 saturated heterocycles. The van der Waals surface area contributed by atoms with E-state index in [1.807, 2.05) is 31.2 Å². The summed E-state index contributed by atoms with van der Waals surface area (Å²) in [6, 6.07) is 20.6. The number of halogens is 1. The van der Waals surface area contributed by atoms with Crippen molar-refractivity contribution in [3.8, 4) is 0 Å². The number of hydrogen-bond donors (Lipinski definition) is 1. The van der Waals surface area contributed by atoms with Crippen LogP contribution in [0.15, 0.2) is 78.4 Å². The van der Waals surface area contributed by atoms with Gasteiger partial charge in [0.1, 0.15) is 5.76 Å². The van der Waals surface area contributed by atoms with Crippen LogP contribution in [-0.4, -0.2) is 21.8 Å². The molecule has 1 N–H and O–H groups in total. The zero-order valence-corrected chi connectivity index (χ0v) is 18.5. The summed E-state index contributed by atoms with van der Waals surface area (Å²) in [7, 11) is 0. The highest BCUT2D eigenvalue weighted by atomic mass is 35.5. The second-order valence-corrected chi connectivity index (χ2v) is 9.00. The van der Waals surface area contributed by atoms with Gasteiger partial charge in [-0.3, -0.25) is 14.5 Å². The van der Waals surface area contributed by atoms with Crippen LogP contribution >= 0.6 is 22.9 Å². The molecule has 1 aliphatic rings. The normalized spacial score (nSPS) is 17.9. The van der Waals surface area contributed by atoms with Crippen molar-refractivity contribution in [3.63, 3.8) is 0 Å². The largest absolute Gasteiger partial charge is 0.507 e. The number of thiazole rings is 1. The van der Waals surface area contributed by atoms with Crippen molar-refractivity contribution in [3.05, 3.63) is 100 Å². The highest BCUT2D eigenvalue weighted by Crippen LogP contribution is 2.44. The summed E-state index contributed by atoms with van der Waals surface area (Å²) in [5.74, 6) is -1.72. The van der Waals surface area contributed by atoms with Crippen LogP contribution in [0.5, 0.6) is 0 Å². The molecule has 0 saturated carbocycles. The summed E-state index contributed by atoms with van der Waals surface area (Å²) in [5, 5.41) is 11.9. The van der Waals surface area contributed by atoms with E-state index in [9.17, 15) is 14.7 Å². The van der Waals surface area contributed by atoms with Gasteiger partial charge in [-0.1, -0.05) is 71.5 Å². The molecule has 1 aliphatic heterocycles. The van der Waals surface area contributed by atoms with Gasteiger partial charge >= 0.3 is 5.91 Å². The molecule has 1 amide bonds. The number of ketones is 1. The zero-order chi connectivity index (χ0) is 22.4. The van der Waals surface area contributed by atoms with E-state index in [1.54, 1.807) is 48.5 Å². The predicted molar refractivity (Wildman–Crippen MR) is 127 cm³/mol. The van der Waals surface area contributed by atoms with Crippen LogP contribution in [0.4, 0.5) is 5.13 Å². The van der Waals surface area contributed by atoms with Crippen molar-refractivity contribution in [1.82, 2.24) is 4.98 Å². The minimum absolute atomic E-state index is 0.0129. The number of aliphatic hydroxyl groups is 1. The molecule has 3 aromatic carbocycles. The number of aliphatic hydroxyl groups excluding tert-OH is 1. The van der Waals surface area contributed by atoms with Crippen molar-refractivity contribution < 1.29 is 14.7 Å². The van der Waals surface area contributed by atoms with Gasteiger partial charge in [-0.25, -0.2) is 4.98 Å². The van der Waals surface area contributed by atoms with Crippen LogP contribution in [0, 0.1) is 6.92 Å². The molecule has 4 aromatic rings. The van der Waals surface area contributed by atoms with Crippen LogP contribution < -0.4 is 4.90 Å². The number of aromatic nitrogens is 1. The van der Waals surface area contributed by atoms with Crippen LogP contribution in [0.1, 0.15) is 22.7 Å². The molecule has 1 fully saturated rings. The van der Waals surface area contributed by atoms with Gasteiger partial charge in [0.05, 0.1) is 21.8 Å². The Morgan fingerprint density at radius 2 is 1.81 bits per heavy atom. The maximum Gasteiger partial charge on any atom is 0.301 e. The highest BCUT2D eigenvalue weighted by molar-refractivity contribution is 7.22. The van der Waals surface area contributed by atoms with Crippen molar-refractivity contribution in [2.75, 3.05) is 4.90 Å². The first-order valence-corrected chi connectivity index (χ1v) is 11.1. The van der Waals surface area contributed by atoms with E-state index in [0.717, 1.165) is 15.8 Å². The second kappa shape index (κ2) is 7.89. The number of amides is 1. The van der Waals surface area contributed by atoms with Crippen molar-refractivity contribution >= 4 is 55.7 Å². The maximum absolute atomic E-state index is 13.2. The Morgan fingerprint density at radius 1 is 1.03 bits per heavy atom. The highest BCUT2D eigenvalue weighted by Gasteiger charge is 2.48. The molecule has 0 unspecified atom stereocenters. The lowest BCUT2D eigenvalue weighted by Crippen LogP contribution is -2.29. The number of fused-ring (bicyclic) bond motifs is 1. The Labute approximate surface area is 193 Å². The van der Waals surface area contributed by atoms with Gasteiger partial charge in [-0.15, -0.1) is 0 Å². The molecule has 0 aliphatic carbocycles. The van der Waals surface area contributed by atoms with Crippen LogP contribution in [-0.2, 0) is 9.59 Å². The Morgan fingerprint density at radius 3 is 2.56 bits per heavy atom. The molecule has 0 bridgehead atoms. The van der Waals surface area contributed by atoms with Gasteiger partial charge in [-0.2, -0.15) is 0 Å². The SMILES string of the molecule is Cc1ccc2nc(N3C(=O)C(=O)C(=C(O)c4ccccc4)[C@@H]3c3cccc(Cl)c3)sc2c1. The average Bonchev–Trinajstić information content (AvgIpc) is 3.32.